The number of ether oxygens (including phenoxy) is 3. The minimum absolute atomic E-state index is 0.0524. The second-order valence-electron chi connectivity index (χ2n) is 5.92. The first-order valence-electron chi connectivity index (χ1n) is 8.08. The number of carbonyl (C=O) groups is 2. The molecule has 1 saturated heterocycles. The van der Waals surface area contributed by atoms with E-state index in [4.69, 9.17) is 25.8 Å². The van der Waals surface area contributed by atoms with Gasteiger partial charge in [-0.3, -0.25) is 14.5 Å². The number of aromatic nitrogens is 1. The number of nitrogens with zero attached hydrogens (tertiary/aromatic N) is 2. The third-order valence-corrected chi connectivity index (χ3v) is 5.25. The minimum atomic E-state index is -0.400. The molecule has 0 saturated carbocycles. The monoisotopic (exact) mass is 394 g/mol. The number of benzene rings is 1. The van der Waals surface area contributed by atoms with E-state index in [1.54, 1.807) is 22.4 Å². The average Bonchev–Trinajstić information content (AvgIpc) is 3.33. The first-order chi connectivity index (χ1) is 12.6. The summed E-state index contributed by atoms with van der Waals surface area (Å²) >= 11 is 7.47. The molecular formula is C17H15ClN2O5S. The van der Waals surface area contributed by atoms with Crippen molar-refractivity contribution in [1.29, 1.82) is 0 Å². The molecule has 0 atom stereocenters. The van der Waals surface area contributed by atoms with Gasteiger partial charge in [-0.05, 0) is 24.1 Å². The molecule has 136 valence electrons. The van der Waals surface area contributed by atoms with E-state index in [1.165, 1.54) is 11.3 Å². The molecule has 1 aromatic heterocycles. The Morgan fingerprint density at radius 1 is 1.38 bits per heavy atom. The Labute approximate surface area is 158 Å². The lowest BCUT2D eigenvalue weighted by Gasteiger charge is -2.10. The van der Waals surface area contributed by atoms with Crippen LogP contribution in [0.5, 0.6) is 11.5 Å². The molecular weight excluding hydrogens is 380 g/mol. The molecule has 1 fully saturated rings. The zero-order chi connectivity index (χ0) is 18.1. The van der Waals surface area contributed by atoms with Gasteiger partial charge in [-0.1, -0.05) is 11.6 Å². The van der Waals surface area contributed by atoms with Crippen molar-refractivity contribution >= 4 is 39.9 Å². The first-order valence-corrected chi connectivity index (χ1v) is 9.34. The van der Waals surface area contributed by atoms with Crippen LogP contribution in [-0.2, 0) is 27.4 Å². The SMILES string of the molecule is O=C(Cc1csc(N2CCCC2=O)n1)OCc1cc(Cl)c2c(c1)OCO2. The molecule has 9 heteroatoms. The summed E-state index contributed by atoms with van der Waals surface area (Å²) in [4.78, 5) is 29.8. The Hall–Kier alpha value is -2.32. The predicted octanol–water partition coefficient (Wildman–Crippen LogP) is 2.94. The number of fused-ring (bicyclic) bond motifs is 1. The largest absolute Gasteiger partial charge is 0.461 e. The minimum Gasteiger partial charge on any atom is -0.461 e. The number of anilines is 1. The summed E-state index contributed by atoms with van der Waals surface area (Å²) < 4.78 is 15.8. The fraction of sp³-hybridized carbons (Fsp3) is 0.353. The summed E-state index contributed by atoms with van der Waals surface area (Å²) in [6, 6.07) is 3.42. The van der Waals surface area contributed by atoms with E-state index in [-0.39, 0.29) is 25.7 Å². The Balaban J connectivity index is 1.34. The summed E-state index contributed by atoms with van der Waals surface area (Å²) in [6.07, 6.45) is 1.44. The van der Waals surface area contributed by atoms with Gasteiger partial charge >= 0.3 is 5.97 Å². The van der Waals surface area contributed by atoms with Crippen molar-refractivity contribution in [3.8, 4) is 11.5 Å². The topological polar surface area (TPSA) is 78.0 Å². The lowest BCUT2D eigenvalue weighted by molar-refractivity contribution is -0.144. The van der Waals surface area contributed by atoms with Gasteiger partial charge in [0.15, 0.2) is 16.6 Å². The molecule has 0 bridgehead atoms. The first kappa shape index (κ1) is 17.1. The molecule has 0 radical (unpaired) electrons. The van der Waals surface area contributed by atoms with Crippen LogP contribution < -0.4 is 14.4 Å². The van der Waals surface area contributed by atoms with Crippen molar-refractivity contribution in [3.05, 3.63) is 33.8 Å². The van der Waals surface area contributed by atoms with Gasteiger partial charge < -0.3 is 14.2 Å². The van der Waals surface area contributed by atoms with Gasteiger partial charge in [0.25, 0.3) is 0 Å². The molecule has 26 heavy (non-hydrogen) atoms. The van der Waals surface area contributed by atoms with Gasteiger partial charge in [-0.15, -0.1) is 11.3 Å². The van der Waals surface area contributed by atoms with Crippen molar-refractivity contribution in [3.63, 3.8) is 0 Å². The molecule has 2 aliphatic heterocycles. The molecule has 0 unspecified atom stereocenters. The van der Waals surface area contributed by atoms with Crippen LogP contribution in [0.15, 0.2) is 17.5 Å². The number of carbonyl (C=O) groups excluding carboxylic acids is 2. The summed E-state index contributed by atoms with van der Waals surface area (Å²) in [5, 5.41) is 2.84. The van der Waals surface area contributed by atoms with Gasteiger partial charge in [-0.2, -0.15) is 0 Å². The van der Waals surface area contributed by atoms with Crippen LogP contribution in [0.25, 0.3) is 0 Å². The Bertz CT molecular complexity index is 869. The maximum Gasteiger partial charge on any atom is 0.312 e. The molecule has 2 aromatic rings. The Morgan fingerprint density at radius 3 is 3.08 bits per heavy atom. The predicted molar refractivity (Wildman–Crippen MR) is 94.8 cm³/mol. The molecule has 1 amide bonds. The van der Waals surface area contributed by atoms with Gasteiger partial charge in [0.05, 0.1) is 17.1 Å². The van der Waals surface area contributed by atoms with Gasteiger partial charge in [-0.25, -0.2) is 4.98 Å². The molecule has 0 aliphatic carbocycles. The number of amides is 1. The fourth-order valence-electron chi connectivity index (χ4n) is 2.82. The second-order valence-corrected chi connectivity index (χ2v) is 7.16. The maximum absolute atomic E-state index is 12.1. The standard InChI is InChI=1S/C17H15ClN2O5S/c18-12-4-10(5-13-16(12)25-9-24-13)7-23-15(22)6-11-8-26-17(19-11)20-3-1-2-14(20)21/h4-5,8H,1-3,6-7,9H2. The molecule has 1 aromatic carbocycles. The highest BCUT2D eigenvalue weighted by Gasteiger charge is 2.24. The quantitative estimate of drug-likeness (QED) is 0.725. The lowest BCUT2D eigenvalue weighted by atomic mass is 10.2. The fourth-order valence-corrected chi connectivity index (χ4v) is 3.97. The summed E-state index contributed by atoms with van der Waals surface area (Å²) in [5.41, 5.74) is 1.31. The molecule has 3 heterocycles. The summed E-state index contributed by atoms with van der Waals surface area (Å²) in [5.74, 6) is 0.729. The van der Waals surface area contributed by atoms with E-state index in [9.17, 15) is 9.59 Å². The Kier molecular flexibility index (Phi) is 4.69. The van der Waals surface area contributed by atoms with Crippen LogP contribution in [0.3, 0.4) is 0 Å². The second kappa shape index (κ2) is 7.13. The number of hydrogen-bond acceptors (Lipinski definition) is 7. The summed E-state index contributed by atoms with van der Waals surface area (Å²) in [7, 11) is 0. The van der Waals surface area contributed by atoms with E-state index in [0.29, 0.717) is 45.9 Å². The summed E-state index contributed by atoms with van der Waals surface area (Å²) in [6.45, 7) is 0.891. The molecule has 7 nitrogen and oxygen atoms in total. The van der Waals surface area contributed by atoms with Crippen LogP contribution >= 0.6 is 22.9 Å². The van der Waals surface area contributed by atoms with E-state index >= 15 is 0 Å². The van der Waals surface area contributed by atoms with Crippen LogP contribution in [0.2, 0.25) is 5.02 Å². The van der Waals surface area contributed by atoms with Crippen molar-refractivity contribution < 1.29 is 23.8 Å². The molecule has 0 spiro atoms. The number of rotatable bonds is 5. The highest BCUT2D eigenvalue weighted by molar-refractivity contribution is 7.14. The molecule has 0 N–H and O–H groups in total. The number of hydrogen-bond donors (Lipinski definition) is 0. The van der Waals surface area contributed by atoms with E-state index in [1.807, 2.05) is 0 Å². The average molecular weight is 395 g/mol. The van der Waals surface area contributed by atoms with Crippen molar-refractivity contribution in [1.82, 2.24) is 4.98 Å². The normalized spacial score (nSPS) is 15.6. The van der Waals surface area contributed by atoms with Crippen molar-refractivity contribution in [2.75, 3.05) is 18.2 Å². The molecule has 4 rings (SSSR count). The number of thiazole rings is 1. The van der Waals surface area contributed by atoms with E-state index in [2.05, 4.69) is 4.98 Å². The van der Waals surface area contributed by atoms with Crippen LogP contribution in [0, 0.1) is 0 Å². The zero-order valence-corrected chi connectivity index (χ0v) is 15.3. The third-order valence-electron chi connectivity index (χ3n) is 4.06. The smallest absolute Gasteiger partial charge is 0.312 e. The Morgan fingerprint density at radius 2 is 2.27 bits per heavy atom. The lowest BCUT2D eigenvalue weighted by Crippen LogP contribution is -2.23. The van der Waals surface area contributed by atoms with Gasteiger partial charge in [0.2, 0.25) is 12.7 Å². The highest BCUT2D eigenvalue weighted by Crippen LogP contribution is 2.39. The van der Waals surface area contributed by atoms with Gasteiger partial charge in [0, 0.05) is 18.3 Å². The highest BCUT2D eigenvalue weighted by atomic mass is 35.5. The zero-order valence-electron chi connectivity index (χ0n) is 13.7. The van der Waals surface area contributed by atoms with Crippen LogP contribution in [0.4, 0.5) is 5.13 Å². The van der Waals surface area contributed by atoms with Crippen LogP contribution in [-0.4, -0.2) is 30.2 Å². The maximum atomic E-state index is 12.1. The van der Waals surface area contributed by atoms with Crippen LogP contribution in [0.1, 0.15) is 24.1 Å². The van der Waals surface area contributed by atoms with Crippen molar-refractivity contribution in [2.24, 2.45) is 0 Å². The van der Waals surface area contributed by atoms with Crippen molar-refractivity contribution in [2.45, 2.75) is 25.9 Å². The number of halogens is 1. The van der Waals surface area contributed by atoms with Gasteiger partial charge in [0.1, 0.15) is 6.61 Å². The van der Waals surface area contributed by atoms with E-state index < -0.39 is 5.97 Å². The number of esters is 1. The molecule has 2 aliphatic rings. The van der Waals surface area contributed by atoms with E-state index in [0.717, 1.165) is 6.42 Å². The third kappa shape index (κ3) is 3.47.